The second kappa shape index (κ2) is 7.53. The molecular weight excluding hydrogens is 250 g/mol. The van der Waals surface area contributed by atoms with Crippen LogP contribution in [0.1, 0.15) is 32.9 Å². The number of nitrogens with two attached hydrogens (primary N) is 1. The third-order valence-electron chi connectivity index (χ3n) is 3.28. The van der Waals surface area contributed by atoms with Crippen molar-refractivity contribution in [2.24, 2.45) is 5.92 Å². The molecular formula is C15H31N5. The predicted molar refractivity (Wildman–Crippen MR) is 87.3 cm³/mol. The number of nitrogens with zero attached hydrogens (tertiary/aromatic N) is 4. The van der Waals surface area contributed by atoms with Crippen molar-refractivity contribution in [1.82, 2.24) is 14.7 Å². The van der Waals surface area contributed by atoms with E-state index in [1.807, 2.05) is 6.92 Å². The van der Waals surface area contributed by atoms with Crippen molar-refractivity contribution in [3.63, 3.8) is 0 Å². The molecule has 0 unspecified atom stereocenters. The first-order valence-corrected chi connectivity index (χ1v) is 7.59. The molecule has 0 aliphatic carbocycles. The van der Waals surface area contributed by atoms with Crippen LogP contribution in [-0.4, -0.2) is 48.4 Å². The largest absolute Gasteiger partial charge is 0.394 e. The third kappa shape index (κ3) is 4.40. The van der Waals surface area contributed by atoms with E-state index in [4.69, 9.17) is 5.73 Å². The normalized spacial score (nSPS) is 11.6. The van der Waals surface area contributed by atoms with Crippen molar-refractivity contribution in [3.05, 3.63) is 5.69 Å². The average molecular weight is 281 g/mol. The maximum Gasteiger partial charge on any atom is 0.150 e. The Morgan fingerprint density at radius 3 is 2.40 bits per heavy atom. The molecule has 0 amide bonds. The number of aromatic nitrogens is 2. The summed E-state index contributed by atoms with van der Waals surface area (Å²) in [4.78, 5) is 4.59. The minimum atomic E-state index is 0.599. The Morgan fingerprint density at radius 2 is 1.90 bits per heavy atom. The molecule has 1 aromatic heterocycles. The van der Waals surface area contributed by atoms with E-state index >= 15 is 0 Å². The van der Waals surface area contributed by atoms with Gasteiger partial charge in [0, 0.05) is 26.2 Å². The fourth-order valence-corrected chi connectivity index (χ4v) is 2.33. The topological polar surface area (TPSA) is 50.3 Å². The molecule has 1 rings (SSSR count). The Labute approximate surface area is 123 Å². The standard InChI is InChI=1S/C15H31N5/c1-7-8-20-15(14(16)13(4)17-20)19(11-12(2)3)10-9-18(5)6/h12H,7-11,16H2,1-6H3. The lowest BCUT2D eigenvalue weighted by atomic mass is 10.2. The van der Waals surface area contributed by atoms with Gasteiger partial charge >= 0.3 is 0 Å². The molecule has 0 aliphatic rings. The fraction of sp³-hybridized carbons (Fsp3) is 0.800. The van der Waals surface area contributed by atoms with Gasteiger partial charge in [-0.3, -0.25) is 0 Å². The van der Waals surface area contributed by atoms with Crippen LogP contribution < -0.4 is 10.6 Å². The number of nitrogen functional groups attached to an aromatic ring is 1. The van der Waals surface area contributed by atoms with Crippen LogP contribution in [0.3, 0.4) is 0 Å². The molecule has 116 valence electrons. The Hall–Kier alpha value is -1.23. The smallest absolute Gasteiger partial charge is 0.150 e. The Bertz CT molecular complexity index is 409. The number of aryl methyl sites for hydroxylation is 2. The van der Waals surface area contributed by atoms with Crippen molar-refractivity contribution < 1.29 is 0 Å². The summed E-state index contributed by atoms with van der Waals surface area (Å²) in [6.07, 6.45) is 1.07. The third-order valence-corrected chi connectivity index (χ3v) is 3.28. The maximum atomic E-state index is 6.28. The molecule has 0 saturated carbocycles. The van der Waals surface area contributed by atoms with Gasteiger partial charge in [0.15, 0.2) is 5.82 Å². The minimum Gasteiger partial charge on any atom is -0.394 e. The lowest BCUT2D eigenvalue weighted by Crippen LogP contribution is -2.36. The molecule has 0 spiro atoms. The first-order valence-electron chi connectivity index (χ1n) is 7.59. The van der Waals surface area contributed by atoms with Crippen LogP contribution in [0.5, 0.6) is 0 Å². The van der Waals surface area contributed by atoms with Gasteiger partial charge in [0.05, 0.1) is 11.4 Å². The molecule has 0 aromatic carbocycles. The molecule has 0 radical (unpaired) electrons. The zero-order valence-corrected chi connectivity index (χ0v) is 14.0. The zero-order valence-electron chi connectivity index (χ0n) is 14.0. The van der Waals surface area contributed by atoms with Gasteiger partial charge in [-0.1, -0.05) is 20.8 Å². The molecule has 0 fully saturated rings. The van der Waals surface area contributed by atoms with Crippen LogP contribution >= 0.6 is 0 Å². The van der Waals surface area contributed by atoms with Crippen LogP contribution in [0, 0.1) is 12.8 Å². The highest BCUT2D eigenvalue weighted by molar-refractivity contribution is 5.66. The van der Waals surface area contributed by atoms with Gasteiger partial charge < -0.3 is 15.5 Å². The molecule has 0 saturated heterocycles. The summed E-state index contributed by atoms with van der Waals surface area (Å²) in [6, 6.07) is 0. The summed E-state index contributed by atoms with van der Waals surface area (Å²) >= 11 is 0. The van der Waals surface area contributed by atoms with E-state index < -0.39 is 0 Å². The van der Waals surface area contributed by atoms with E-state index in [9.17, 15) is 0 Å². The molecule has 5 nitrogen and oxygen atoms in total. The Kier molecular flexibility index (Phi) is 6.33. The number of likely N-dealkylation sites (N-methyl/N-ethyl adjacent to an activating group) is 1. The average Bonchev–Trinajstić information content (AvgIpc) is 2.61. The fourth-order valence-electron chi connectivity index (χ4n) is 2.33. The molecule has 20 heavy (non-hydrogen) atoms. The number of anilines is 2. The van der Waals surface area contributed by atoms with E-state index in [1.54, 1.807) is 0 Å². The van der Waals surface area contributed by atoms with E-state index in [0.717, 1.165) is 49.8 Å². The minimum absolute atomic E-state index is 0.599. The molecule has 0 aliphatic heterocycles. The SMILES string of the molecule is CCCn1nc(C)c(N)c1N(CCN(C)C)CC(C)C. The van der Waals surface area contributed by atoms with Crippen LogP contribution in [0.2, 0.25) is 0 Å². The van der Waals surface area contributed by atoms with Crippen molar-refractivity contribution in [2.45, 2.75) is 40.7 Å². The first kappa shape index (κ1) is 16.8. The second-order valence-electron chi connectivity index (χ2n) is 6.19. The highest BCUT2D eigenvalue weighted by Crippen LogP contribution is 2.27. The van der Waals surface area contributed by atoms with E-state index in [-0.39, 0.29) is 0 Å². The van der Waals surface area contributed by atoms with E-state index in [2.05, 4.69) is 54.4 Å². The Balaban J connectivity index is 3.04. The van der Waals surface area contributed by atoms with Crippen molar-refractivity contribution in [1.29, 1.82) is 0 Å². The summed E-state index contributed by atoms with van der Waals surface area (Å²) in [6.45, 7) is 12.6. The lowest BCUT2D eigenvalue weighted by Gasteiger charge is -2.29. The van der Waals surface area contributed by atoms with Crippen LogP contribution in [-0.2, 0) is 6.54 Å². The Morgan fingerprint density at radius 1 is 1.25 bits per heavy atom. The summed E-state index contributed by atoms with van der Waals surface area (Å²) in [5.74, 6) is 1.70. The summed E-state index contributed by atoms with van der Waals surface area (Å²) in [5, 5.41) is 4.59. The molecule has 5 heteroatoms. The van der Waals surface area contributed by atoms with Crippen molar-refractivity contribution in [2.75, 3.05) is 44.4 Å². The van der Waals surface area contributed by atoms with Gasteiger partial charge in [-0.05, 0) is 33.4 Å². The van der Waals surface area contributed by atoms with Crippen LogP contribution in [0.25, 0.3) is 0 Å². The number of hydrogen-bond donors (Lipinski definition) is 1. The monoisotopic (exact) mass is 281 g/mol. The molecule has 2 N–H and O–H groups in total. The van der Waals surface area contributed by atoms with Gasteiger partial charge in [0.1, 0.15) is 0 Å². The zero-order chi connectivity index (χ0) is 15.3. The molecule has 1 heterocycles. The second-order valence-corrected chi connectivity index (χ2v) is 6.19. The quantitative estimate of drug-likeness (QED) is 0.794. The van der Waals surface area contributed by atoms with Crippen LogP contribution in [0.4, 0.5) is 11.5 Å². The summed E-state index contributed by atoms with van der Waals surface area (Å²) in [7, 11) is 4.21. The highest BCUT2D eigenvalue weighted by Gasteiger charge is 2.19. The summed E-state index contributed by atoms with van der Waals surface area (Å²) < 4.78 is 2.07. The van der Waals surface area contributed by atoms with Gasteiger partial charge in [-0.15, -0.1) is 0 Å². The van der Waals surface area contributed by atoms with Crippen molar-refractivity contribution >= 4 is 11.5 Å². The molecule has 0 atom stereocenters. The highest BCUT2D eigenvalue weighted by atomic mass is 15.4. The van der Waals surface area contributed by atoms with Crippen molar-refractivity contribution in [3.8, 4) is 0 Å². The predicted octanol–water partition coefficient (Wildman–Crippen LogP) is 2.21. The van der Waals surface area contributed by atoms with E-state index in [0.29, 0.717) is 5.92 Å². The maximum absolute atomic E-state index is 6.28. The van der Waals surface area contributed by atoms with E-state index in [1.165, 1.54) is 0 Å². The lowest BCUT2D eigenvalue weighted by molar-refractivity contribution is 0.406. The molecule has 0 bridgehead atoms. The molecule has 1 aromatic rings. The number of rotatable bonds is 8. The summed E-state index contributed by atoms with van der Waals surface area (Å²) in [5.41, 5.74) is 8.05. The van der Waals surface area contributed by atoms with Gasteiger partial charge in [-0.25, -0.2) is 4.68 Å². The van der Waals surface area contributed by atoms with Crippen LogP contribution in [0.15, 0.2) is 0 Å². The van der Waals surface area contributed by atoms with Gasteiger partial charge in [-0.2, -0.15) is 5.10 Å². The number of hydrogen-bond acceptors (Lipinski definition) is 4. The first-order chi connectivity index (χ1) is 9.36. The van der Waals surface area contributed by atoms with Gasteiger partial charge in [0.25, 0.3) is 0 Å². The van der Waals surface area contributed by atoms with Gasteiger partial charge in [0.2, 0.25) is 0 Å².